The van der Waals surface area contributed by atoms with E-state index in [-0.39, 0.29) is 5.91 Å². The van der Waals surface area contributed by atoms with E-state index in [1.165, 1.54) is 6.08 Å². The largest absolute Gasteiger partial charge is 0.494 e. The Morgan fingerprint density at radius 3 is 2.00 bits per heavy atom. The Bertz CT molecular complexity index is 822. The quantitative estimate of drug-likeness (QED) is 0.675. The van der Waals surface area contributed by atoms with Crippen LogP contribution < -0.4 is 10.1 Å². The smallest absolute Gasteiger partial charge is 0.258 e. The van der Waals surface area contributed by atoms with Gasteiger partial charge in [-0.3, -0.25) is 14.9 Å². The standard InChI is InChI=1S/C18H15N3O3/c1-2-24-15-9-7-14(8-10-15)21-20-13-5-3-12(4-6-13)16-11-17(22)19-18(16)23/h3-11H,2H2,1H3,(H,19,22,23). The molecule has 0 saturated heterocycles. The molecule has 24 heavy (non-hydrogen) atoms. The fraction of sp³-hybridized carbons (Fsp3) is 0.111. The van der Waals surface area contributed by atoms with Crippen molar-refractivity contribution in [3.8, 4) is 5.75 Å². The molecule has 2 amide bonds. The maximum Gasteiger partial charge on any atom is 0.258 e. The third-order valence-corrected chi connectivity index (χ3v) is 3.36. The number of rotatable bonds is 5. The van der Waals surface area contributed by atoms with Crippen LogP contribution in [0.4, 0.5) is 11.4 Å². The molecule has 0 atom stereocenters. The minimum absolute atomic E-state index is 0.356. The van der Waals surface area contributed by atoms with Gasteiger partial charge in [0.2, 0.25) is 0 Å². The zero-order valence-electron chi connectivity index (χ0n) is 13.0. The highest BCUT2D eigenvalue weighted by atomic mass is 16.5. The van der Waals surface area contributed by atoms with Crippen LogP contribution >= 0.6 is 0 Å². The number of nitrogens with zero attached hydrogens (tertiary/aromatic N) is 2. The molecule has 3 rings (SSSR count). The number of hydrogen-bond donors (Lipinski definition) is 1. The highest BCUT2D eigenvalue weighted by Crippen LogP contribution is 2.24. The molecule has 1 N–H and O–H groups in total. The van der Waals surface area contributed by atoms with Gasteiger partial charge in [-0.25, -0.2) is 0 Å². The summed E-state index contributed by atoms with van der Waals surface area (Å²) in [6.45, 7) is 2.55. The minimum Gasteiger partial charge on any atom is -0.494 e. The molecule has 1 aliphatic heterocycles. The Labute approximate surface area is 138 Å². The summed E-state index contributed by atoms with van der Waals surface area (Å²) in [5.74, 6) is 0.0106. The van der Waals surface area contributed by atoms with Crippen molar-refractivity contribution in [2.45, 2.75) is 6.92 Å². The number of imide groups is 1. The monoisotopic (exact) mass is 321 g/mol. The highest BCUT2D eigenvalue weighted by Gasteiger charge is 2.21. The lowest BCUT2D eigenvalue weighted by Gasteiger charge is -2.02. The maximum atomic E-state index is 11.6. The molecule has 0 unspecified atom stereocenters. The van der Waals surface area contributed by atoms with Gasteiger partial charge in [0.05, 0.1) is 23.6 Å². The first-order chi connectivity index (χ1) is 11.7. The summed E-state index contributed by atoms with van der Waals surface area (Å²) in [4.78, 5) is 22.8. The number of hydrogen-bond acceptors (Lipinski definition) is 5. The first-order valence-electron chi connectivity index (χ1n) is 7.48. The van der Waals surface area contributed by atoms with Gasteiger partial charge in [-0.1, -0.05) is 12.1 Å². The SMILES string of the molecule is CCOc1ccc(N=Nc2ccc(C3=CC(=O)NC3=O)cc2)cc1. The second kappa shape index (κ2) is 6.87. The van der Waals surface area contributed by atoms with E-state index in [9.17, 15) is 9.59 Å². The number of nitrogens with one attached hydrogen (secondary N) is 1. The molecule has 6 heteroatoms. The number of benzene rings is 2. The van der Waals surface area contributed by atoms with E-state index in [1.807, 2.05) is 31.2 Å². The normalized spacial score (nSPS) is 14.0. The third-order valence-electron chi connectivity index (χ3n) is 3.36. The molecule has 0 radical (unpaired) electrons. The van der Waals surface area contributed by atoms with E-state index in [0.29, 0.717) is 29.1 Å². The van der Waals surface area contributed by atoms with Crippen LogP contribution in [0.3, 0.4) is 0 Å². The number of carbonyl (C=O) groups excluding carboxylic acids is 2. The van der Waals surface area contributed by atoms with Crippen LogP contribution in [-0.2, 0) is 9.59 Å². The van der Waals surface area contributed by atoms with Crippen LogP contribution in [0.25, 0.3) is 5.57 Å². The van der Waals surface area contributed by atoms with Gasteiger partial charge in [0.1, 0.15) is 5.75 Å². The van der Waals surface area contributed by atoms with Crippen molar-refractivity contribution in [3.63, 3.8) is 0 Å². The van der Waals surface area contributed by atoms with E-state index < -0.39 is 5.91 Å². The molecule has 1 aliphatic rings. The van der Waals surface area contributed by atoms with Crippen molar-refractivity contribution < 1.29 is 14.3 Å². The Hall–Kier alpha value is -3.28. The molecule has 0 aliphatic carbocycles. The Morgan fingerprint density at radius 2 is 1.50 bits per heavy atom. The molecule has 0 saturated carbocycles. The van der Waals surface area contributed by atoms with Gasteiger partial charge in [0, 0.05) is 6.08 Å². The van der Waals surface area contributed by atoms with Crippen molar-refractivity contribution in [2.75, 3.05) is 6.61 Å². The fourth-order valence-electron chi connectivity index (χ4n) is 2.23. The number of azo groups is 1. The number of carbonyl (C=O) groups is 2. The Balaban J connectivity index is 1.71. The van der Waals surface area contributed by atoms with Gasteiger partial charge in [-0.15, -0.1) is 0 Å². The zero-order valence-corrected chi connectivity index (χ0v) is 13.0. The summed E-state index contributed by atoms with van der Waals surface area (Å²) in [6, 6.07) is 14.3. The van der Waals surface area contributed by atoms with E-state index in [0.717, 1.165) is 5.75 Å². The van der Waals surface area contributed by atoms with Crippen molar-refractivity contribution in [1.29, 1.82) is 0 Å². The molecule has 0 fully saturated rings. The van der Waals surface area contributed by atoms with Crippen LogP contribution in [0, 0.1) is 0 Å². The molecule has 6 nitrogen and oxygen atoms in total. The lowest BCUT2D eigenvalue weighted by Crippen LogP contribution is -2.21. The minimum atomic E-state index is -0.394. The molecular weight excluding hydrogens is 306 g/mol. The fourth-order valence-corrected chi connectivity index (χ4v) is 2.23. The summed E-state index contributed by atoms with van der Waals surface area (Å²) in [5, 5.41) is 10.5. The summed E-state index contributed by atoms with van der Waals surface area (Å²) in [6.07, 6.45) is 1.29. The summed E-state index contributed by atoms with van der Waals surface area (Å²) < 4.78 is 5.37. The number of ether oxygens (including phenoxy) is 1. The predicted octanol–water partition coefficient (Wildman–Crippen LogP) is 3.54. The van der Waals surface area contributed by atoms with Crippen molar-refractivity contribution in [2.24, 2.45) is 10.2 Å². The average Bonchev–Trinajstić information content (AvgIpc) is 2.93. The van der Waals surface area contributed by atoms with Crippen molar-refractivity contribution in [3.05, 3.63) is 60.2 Å². The second-order valence-corrected chi connectivity index (χ2v) is 5.05. The van der Waals surface area contributed by atoms with Crippen LogP contribution in [0.5, 0.6) is 5.75 Å². The molecule has 2 aromatic rings. The predicted molar refractivity (Wildman–Crippen MR) is 89.4 cm³/mol. The molecule has 0 aromatic heterocycles. The van der Waals surface area contributed by atoms with Gasteiger partial charge < -0.3 is 4.74 Å². The van der Waals surface area contributed by atoms with E-state index in [4.69, 9.17) is 4.74 Å². The van der Waals surface area contributed by atoms with Gasteiger partial charge in [0.15, 0.2) is 0 Å². The van der Waals surface area contributed by atoms with E-state index in [2.05, 4.69) is 15.5 Å². The molecule has 1 heterocycles. The number of amides is 2. The highest BCUT2D eigenvalue weighted by molar-refractivity contribution is 6.33. The van der Waals surface area contributed by atoms with Crippen molar-refractivity contribution in [1.82, 2.24) is 5.32 Å². The average molecular weight is 321 g/mol. The first kappa shape index (κ1) is 15.6. The summed E-state index contributed by atoms with van der Waals surface area (Å²) in [5.41, 5.74) is 2.39. The maximum absolute atomic E-state index is 11.6. The zero-order chi connectivity index (χ0) is 16.9. The molecule has 0 bridgehead atoms. The summed E-state index contributed by atoms with van der Waals surface area (Å²) >= 11 is 0. The van der Waals surface area contributed by atoms with E-state index in [1.54, 1.807) is 24.3 Å². The lowest BCUT2D eigenvalue weighted by molar-refractivity contribution is -0.123. The molecule has 120 valence electrons. The second-order valence-electron chi connectivity index (χ2n) is 5.05. The first-order valence-corrected chi connectivity index (χ1v) is 7.48. The van der Waals surface area contributed by atoms with Gasteiger partial charge in [-0.2, -0.15) is 10.2 Å². The topological polar surface area (TPSA) is 80.1 Å². The van der Waals surface area contributed by atoms with Crippen LogP contribution in [-0.4, -0.2) is 18.4 Å². The molecule has 0 spiro atoms. The van der Waals surface area contributed by atoms with Gasteiger partial charge in [0.25, 0.3) is 11.8 Å². The van der Waals surface area contributed by atoms with Crippen molar-refractivity contribution >= 4 is 28.8 Å². The van der Waals surface area contributed by atoms with Crippen LogP contribution in [0.1, 0.15) is 12.5 Å². The molecular formula is C18H15N3O3. The Kier molecular flexibility index (Phi) is 4.47. The Morgan fingerprint density at radius 1 is 0.917 bits per heavy atom. The van der Waals surface area contributed by atoms with Gasteiger partial charge >= 0.3 is 0 Å². The third kappa shape index (κ3) is 3.55. The van der Waals surface area contributed by atoms with Gasteiger partial charge in [-0.05, 0) is 48.9 Å². The summed E-state index contributed by atoms with van der Waals surface area (Å²) in [7, 11) is 0. The van der Waals surface area contributed by atoms with Crippen LogP contribution in [0.15, 0.2) is 64.8 Å². The lowest BCUT2D eigenvalue weighted by atomic mass is 10.1. The molecule has 2 aromatic carbocycles. The van der Waals surface area contributed by atoms with E-state index >= 15 is 0 Å². The van der Waals surface area contributed by atoms with Crippen LogP contribution in [0.2, 0.25) is 0 Å².